The van der Waals surface area contributed by atoms with E-state index < -0.39 is 6.17 Å². The van der Waals surface area contributed by atoms with Crippen LogP contribution in [0.5, 0.6) is 17.2 Å². The zero-order valence-corrected chi connectivity index (χ0v) is 16.1. The maximum atomic E-state index is 12.6. The number of hydrogen-bond donors (Lipinski definition) is 1. The molecule has 0 saturated carbocycles. The standard InChI is InChI=1S/C20H23N3O4/c1-11-10-14(25-3)15(18(27-5)17(11)26-4)16-12-8-6-7-9-13(12)23(2)20(24)19(21)22-16/h6-10,19H,21H2,1-5H3. The zero-order valence-electron chi connectivity index (χ0n) is 16.1. The van der Waals surface area contributed by atoms with E-state index in [1.165, 1.54) is 4.90 Å². The molecule has 1 aliphatic rings. The van der Waals surface area contributed by atoms with Crippen LogP contribution in [-0.4, -0.2) is 46.2 Å². The van der Waals surface area contributed by atoms with Gasteiger partial charge in [-0.05, 0) is 24.6 Å². The minimum atomic E-state index is -1.04. The van der Waals surface area contributed by atoms with E-state index in [0.29, 0.717) is 34.2 Å². The molecule has 1 atom stereocenters. The number of hydrogen-bond acceptors (Lipinski definition) is 6. The lowest BCUT2D eigenvalue weighted by Gasteiger charge is -2.21. The van der Waals surface area contributed by atoms with Gasteiger partial charge >= 0.3 is 0 Å². The molecule has 27 heavy (non-hydrogen) atoms. The van der Waals surface area contributed by atoms with Crippen molar-refractivity contribution in [2.75, 3.05) is 33.3 Å². The van der Waals surface area contributed by atoms with Crippen molar-refractivity contribution in [1.29, 1.82) is 0 Å². The van der Waals surface area contributed by atoms with Gasteiger partial charge < -0.3 is 24.8 Å². The maximum absolute atomic E-state index is 12.6. The van der Waals surface area contributed by atoms with Crippen molar-refractivity contribution in [1.82, 2.24) is 0 Å². The van der Waals surface area contributed by atoms with E-state index in [1.807, 2.05) is 37.3 Å². The van der Waals surface area contributed by atoms with Crippen molar-refractivity contribution in [3.8, 4) is 17.2 Å². The third-order valence-electron chi connectivity index (χ3n) is 4.62. The number of benzodiazepines with no additional fused rings is 1. The van der Waals surface area contributed by atoms with E-state index in [1.54, 1.807) is 28.4 Å². The first-order chi connectivity index (χ1) is 12.9. The summed E-state index contributed by atoms with van der Waals surface area (Å²) in [6.45, 7) is 1.90. The van der Waals surface area contributed by atoms with Crippen molar-refractivity contribution in [3.05, 3.63) is 47.0 Å². The highest BCUT2D eigenvalue weighted by Gasteiger charge is 2.31. The summed E-state index contributed by atoms with van der Waals surface area (Å²) in [4.78, 5) is 18.6. The van der Waals surface area contributed by atoms with Crippen LogP contribution < -0.4 is 24.8 Å². The average molecular weight is 369 g/mol. The predicted octanol–water partition coefficient (Wildman–Crippen LogP) is 2.12. The number of fused-ring (bicyclic) bond motifs is 1. The van der Waals surface area contributed by atoms with Crippen molar-refractivity contribution < 1.29 is 19.0 Å². The van der Waals surface area contributed by atoms with Gasteiger partial charge in [0.1, 0.15) is 5.75 Å². The Morgan fingerprint density at radius 3 is 2.37 bits per heavy atom. The number of aliphatic imine (C=N–C) groups is 1. The second-order valence-corrected chi connectivity index (χ2v) is 6.17. The van der Waals surface area contributed by atoms with Gasteiger partial charge in [0.25, 0.3) is 5.91 Å². The highest BCUT2D eigenvalue weighted by molar-refractivity contribution is 6.22. The number of nitrogens with two attached hydrogens (primary N) is 1. The van der Waals surface area contributed by atoms with Crippen molar-refractivity contribution in [2.45, 2.75) is 13.1 Å². The van der Waals surface area contributed by atoms with Crippen molar-refractivity contribution >= 4 is 17.3 Å². The van der Waals surface area contributed by atoms with E-state index in [2.05, 4.69) is 4.99 Å². The minimum absolute atomic E-state index is 0.297. The van der Waals surface area contributed by atoms with Crippen LogP contribution in [0, 0.1) is 6.92 Å². The molecule has 1 unspecified atom stereocenters. The molecule has 0 saturated heterocycles. The van der Waals surface area contributed by atoms with E-state index >= 15 is 0 Å². The Kier molecular flexibility index (Phi) is 5.05. The summed E-state index contributed by atoms with van der Waals surface area (Å²) >= 11 is 0. The van der Waals surface area contributed by atoms with Crippen LogP contribution in [0.15, 0.2) is 35.3 Å². The molecule has 0 aromatic heterocycles. The van der Waals surface area contributed by atoms with E-state index in [4.69, 9.17) is 19.9 Å². The summed E-state index contributed by atoms with van der Waals surface area (Å²) in [6, 6.07) is 9.34. The summed E-state index contributed by atoms with van der Waals surface area (Å²) in [5, 5.41) is 0. The number of ether oxygens (including phenoxy) is 3. The molecule has 142 valence electrons. The monoisotopic (exact) mass is 369 g/mol. The van der Waals surface area contributed by atoms with Gasteiger partial charge in [0.05, 0.1) is 38.3 Å². The predicted molar refractivity (Wildman–Crippen MR) is 104 cm³/mol. The summed E-state index contributed by atoms with van der Waals surface area (Å²) in [6.07, 6.45) is -1.04. The number of methoxy groups -OCH3 is 3. The molecule has 1 amide bonds. The average Bonchev–Trinajstić information content (AvgIpc) is 2.78. The summed E-state index contributed by atoms with van der Waals surface area (Å²) < 4.78 is 16.8. The Morgan fingerprint density at radius 1 is 1.07 bits per heavy atom. The van der Waals surface area contributed by atoms with Gasteiger partial charge in [-0.25, -0.2) is 0 Å². The number of amides is 1. The Balaban J connectivity index is 2.40. The molecule has 2 aromatic carbocycles. The first-order valence-electron chi connectivity index (χ1n) is 8.44. The number of rotatable bonds is 4. The number of aryl methyl sites for hydroxylation is 1. The molecule has 7 heteroatoms. The molecular formula is C20H23N3O4. The van der Waals surface area contributed by atoms with Crippen LogP contribution in [0.3, 0.4) is 0 Å². The second-order valence-electron chi connectivity index (χ2n) is 6.17. The molecule has 1 aliphatic heterocycles. The SMILES string of the molecule is COc1cc(C)c(OC)c(OC)c1C1=NC(N)C(=O)N(C)c2ccccc21. The molecule has 3 rings (SSSR count). The highest BCUT2D eigenvalue weighted by atomic mass is 16.5. The fraction of sp³-hybridized carbons (Fsp3) is 0.300. The molecule has 7 nitrogen and oxygen atoms in total. The largest absolute Gasteiger partial charge is 0.496 e. The van der Waals surface area contributed by atoms with Crippen LogP contribution in [-0.2, 0) is 4.79 Å². The Labute approximate surface area is 158 Å². The molecule has 1 heterocycles. The van der Waals surface area contributed by atoms with Gasteiger partial charge in [0, 0.05) is 12.6 Å². The zero-order chi connectivity index (χ0) is 19.7. The topological polar surface area (TPSA) is 86.4 Å². The lowest BCUT2D eigenvalue weighted by atomic mass is 9.96. The van der Waals surface area contributed by atoms with E-state index in [0.717, 1.165) is 11.1 Å². The molecule has 0 spiro atoms. The normalized spacial score (nSPS) is 16.4. The number of likely N-dealkylation sites (N-methyl/N-ethyl adjacent to an activating group) is 1. The first-order valence-corrected chi connectivity index (χ1v) is 8.44. The number of carbonyl (C=O) groups is 1. The van der Waals surface area contributed by atoms with Gasteiger partial charge in [0.15, 0.2) is 17.7 Å². The lowest BCUT2D eigenvalue weighted by molar-refractivity contribution is -0.119. The van der Waals surface area contributed by atoms with E-state index in [9.17, 15) is 4.79 Å². The fourth-order valence-corrected chi connectivity index (χ4v) is 3.32. The molecule has 0 bridgehead atoms. The number of carbonyl (C=O) groups excluding carboxylic acids is 1. The fourth-order valence-electron chi connectivity index (χ4n) is 3.32. The first kappa shape index (κ1) is 18.7. The molecule has 2 N–H and O–H groups in total. The maximum Gasteiger partial charge on any atom is 0.266 e. The van der Waals surface area contributed by atoms with Gasteiger partial charge in [0.2, 0.25) is 0 Å². The van der Waals surface area contributed by atoms with Crippen molar-refractivity contribution in [3.63, 3.8) is 0 Å². The summed E-state index contributed by atoms with van der Waals surface area (Å²) in [5.74, 6) is 1.32. The molecular weight excluding hydrogens is 346 g/mol. The van der Waals surface area contributed by atoms with Crippen molar-refractivity contribution in [2.24, 2.45) is 10.7 Å². The molecule has 2 aromatic rings. The van der Waals surface area contributed by atoms with Crippen LogP contribution in [0.2, 0.25) is 0 Å². The molecule has 0 fully saturated rings. The number of para-hydroxylation sites is 1. The van der Waals surface area contributed by atoms with Crippen LogP contribution in [0.4, 0.5) is 5.69 Å². The third kappa shape index (κ3) is 3.00. The minimum Gasteiger partial charge on any atom is -0.496 e. The van der Waals surface area contributed by atoms with E-state index in [-0.39, 0.29) is 5.91 Å². The number of benzene rings is 2. The Bertz CT molecular complexity index is 924. The van der Waals surface area contributed by atoms with Gasteiger partial charge in [-0.15, -0.1) is 0 Å². The van der Waals surface area contributed by atoms with Crippen LogP contribution in [0.25, 0.3) is 0 Å². The van der Waals surface area contributed by atoms with Crippen LogP contribution >= 0.6 is 0 Å². The summed E-state index contributed by atoms with van der Waals surface area (Å²) in [5.41, 5.74) is 9.49. The molecule has 0 radical (unpaired) electrons. The Morgan fingerprint density at radius 2 is 1.74 bits per heavy atom. The summed E-state index contributed by atoms with van der Waals surface area (Å²) in [7, 11) is 6.39. The van der Waals surface area contributed by atoms with Gasteiger partial charge in [-0.1, -0.05) is 18.2 Å². The quantitative estimate of drug-likeness (QED) is 0.892. The van der Waals surface area contributed by atoms with Crippen LogP contribution in [0.1, 0.15) is 16.7 Å². The number of nitrogens with zero attached hydrogens (tertiary/aromatic N) is 2. The number of anilines is 1. The lowest BCUT2D eigenvalue weighted by Crippen LogP contribution is -2.39. The van der Waals surface area contributed by atoms with Gasteiger partial charge in [-0.3, -0.25) is 9.79 Å². The van der Waals surface area contributed by atoms with Gasteiger partial charge in [-0.2, -0.15) is 0 Å². The smallest absolute Gasteiger partial charge is 0.266 e. The highest BCUT2D eigenvalue weighted by Crippen LogP contribution is 2.43. The molecule has 0 aliphatic carbocycles. The third-order valence-corrected chi connectivity index (χ3v) is 4.62. The Hall–Kier alpha value is -3.06. The second kappa shape index (κ2) is 7.28.